The molecule has 0 radical (unpaired) electrons. The van der Waals surface area contributed by atoms with E-state index in [1.807, 2.05) is 19.1 Å². The lowest BCUT2D eigenvalue weighted by atomic mass is 9.95. The van der Waals surface area contributed by atoms with Gasteiger partial charge in [0.05, 0.1) is 11.6 Å². The molecule has 3 amide bonds. The third kappa shape index (κ3) is 3.84. The number of hydrogen-bond acceptors (Lipinski definition) is 2. The van der Waals surface area contributed by atoms with Gasteiger partial charge in [-0.2, -0.15) is 0 Å². The molecule has 0 unspecified atom stereocenters. The van der Waals surface area contributed by atoms with Crippen molar-refractivity contribution in [3.8, 4) is 0 Å². The number of anilines is 1. The molecule has 26 heavy (non-hydrogen) atoms. The van der Waals surface area contributed by atoms with Gasteiger partial charge in [-0.05, 0) is 49.2 Å². The number of nitrogens with one attached hydrogen (secondary N) is 3. The van der Waals surface area contributed by atoms with Crippen LogP contribution in [0.25, 0.3) is 0 Å². The van der Waals surface area contributed by atoms with Gasteiger partial charge in [0, 0.05) is 21.4 Å². The Labute approximate surface area is 161 Å². The smallest absolute Gasteiger partial charge is 0.319 e. The minimum Gasteiger partial charge on any atom is -0.327 e. The third-order valence-electron chi connectivity index (χ3n) is 4.13. The number of hydrogen-bond donors (Lipinski definition) is 3. The lowest BCUT2D eigenvalue weighted by Crippen LogP contribution is -2.45. The molecule has 0 saturated carbocycles. The summed E-state index contributed by atoms with van der Waals surface area (Å²) in [7, 11) is 0. The van der Waals surface area contributed by atoms with Crippen molar-refractivity contribution in [2.24, 2.45) is 0 Å². The Morgan fingerprint density at radius 2 is 1.88 bits per heavy atom. The molecule has 0 bridgehead atoms. The van der Waals surface area contributed by atoms with Gasteiger partial charge in [-0.25, -0.2) is 4.79 Å². The van der Waals surface area contributed by atoms with Crippen LogP contribution in [0.1, 0.15) is 24.1 Å². The fourth-order valence-corrected chi connectivity index (χ4v) is 3.18. The van der Waals surface area contributed by atoms with E-state index in [1.54, 1.807) is 37.3 Å². The number of rotatable bonds is 3. The zero-order valence-electron chi connectivity index (χ0n) is 14.2. The molecule has 0 aliphatic carbocycles. The van der Waals surface area contributed by atoms with Crippen LogP contribution in [0, 0.1) is 6.92 Å². The zero-order chi connectivity index (χ0) is 18.8. The average molecular weight is 390 g/mol. The summed E-state index contributed by atoms with van der Waals surface area (Å²) in [4.78, 5) is 24.8. The molecule has 2 aromatic rings. The number of carbonyl (C=O) groups excluding carboxylic acids is 2. The Hall–Kier alpha value is -2.50. The summed E-state index contributed by atoms with van der Waals surface area (Å²) < 4.78 is 0. The molecule has 3 N–H and O–H groups in total. The van der Waals surface area contributed by atoms with Gasteiger partial charge in [0.2, 0.25) is 0 Å². The molecule has 2 aromatic carbocycles. The second-order valence-electron chi connectivity index (χ2n) is 6.04. The van der Waals surface area contributed by atoms with E-state index in [1.165, 1.54) is 0 Å². The molecular formula is C19H17Cl2N3O2. The minimum atomic E-state index is -0.608. The molecule has 134 valence electrons. The van der Waals surface area contributed by atoms with Gasteiger partial charge in [-0.15, -0.1) is 0 Å². The molecule has 7 heteroatoms. The van der Waals surface area contributed by atoms with Gasteiger partial charge in [0.15, 0.2) is 0 Å². The first-order valence-electron chi connectivity index (χ1n) is 7.96. The van der Waals surface area contributed by atoms with E-state index in [0.717, 1.165) is 11.1 Å². The molecule has 0 aromatic heterocycles. The van der Waals surface area contributed by atoms with Crippen LogP contribution < -0.4 is 16.0 Å². The Bertz CT molecular complexity index is 925. The summed E-state index contributed by atoms with van der Waals surface area (Å²) in [6, 6.07) is 11.4. The molecular weight excluding hydrogens is 373 g/mol. The van der Waals surface area contributed by atoms with E-state index in [-0.39, 0.29) is 11.9 Å². The van der Waals surface area contributed by atoms with Gasteiger partial charge < -0.3 is 16.0 Å². The van der Waals surface area contributed by atoms with Crippen molar-refractivity contribution < 1.29 is 9.59 Å². The van der Waals surface area contributed by atoms with Crippen LogP contribution in [0.4, 0.5) is 10.5 Å². The van der Waals surface area contributed by atoms with Crippen molar-refractivity contribution in [3.05, 3.63) is 74.9 Å². The Kier molecular flexibility index (Phi) is 5.20. The van der Waals surface area contributed by atoms with Crippen molar-refractivity contribution >= 4 is 40.8 Å². The number of benzene rings is 2. The van der Waals surface area contributed by atoms with E-state index in [2.05, 4.69) is 16.0 Å². The molecule has 0 fully saturated rings. The minimum absolute atomic E-state index is 0.333. The van der Waals surface area contributed by atoms with Crippen molar-refractivity contribution in [3.63, 3.8) is 0 Å². The summed E-state index contributed by atoms with van der Waals surface area (Å²) in [6.07, 6.45) is 0. The highest BCUT2D eigenvalue weighted by molar-refractivity contribution is 6.31. The molecule has 0 saturated heterocycles. The lowest BCUT2D eigenvalue weighted by molar-refractivity contribution is -0.113. The molecule has 0 spiro atoms. The highest BCUT2D eigenvalue weighted by atomic mass is 35.5. The van der Waals surface area contributed by atoms with Crippen LogP contribution >= 0.6 is 23.2 Å². The molecule has 1 atom stereocenters. The van der Waals surface area contributed by atoms with Gasteiger partial charge >= 0.3 is 6.03 Å². The predicted molar refractivity (Wildman–Crippen MR) is 103 cm³/mol. The molecule has 5 nitrogen and oxygen atoms in total. The van der Waals surface area contributed by atoms with Crippen LogP contribution in [0.5, 0.6) is 0 Å². The summed E-state index contributed by atoms with van der Waals surface area (Å²) in [5.74, 6) is -0.333. The van der Waals surface area contributed by atoms with E-state index < -0.39 is 6.04 Å². The van der Waals surface area contributed by atoms with Crippen LogP contribution in [-0.2, 0) is 4.79 Å². The summed E-state index contributed by atoms with van der Waals surface area (Å²) in [6.45, 7) is 3.57. The second-order valence-corrected chi connectivity index (χ2v) is 6.89. The summed E-state index contributed by atoms with van der Waals surface area (Å²) in [5.41, 5.74) is 3.10. The number of halogens is 2. The standard InChI is InChI=1S/C19H17Cl2N3O2/c1-10-6-7-14(9-15(10)21)23-18(25)16-11(2)22-19(26)24-17(16)12-4-3-5-13(20)8-12/h3-9,17H,1-2H3,(H,23,25)(H2,22,24,26)/t17-/m1/s1. The number of aryl methyl sites for hydroxylation is 1. The Morgan fingerprint density at radius 3 is 2.58 bits per heavy atom. The third-order valence-corrected chi connectivity index (χ3v) is 4.77. The number of urea groups is 1. The van der Waals surface area contributed by atoms with E-state index in [0.29, 0.717) is 27.0 Å². The number of amides is 3. The SMILES string of the molecule is CC1=C(C(=O)Nc2ccc(C)c(Cl)c2)[C@@H](c2cccc(Cl)c2)NC(=O)N1. The first kappa shape index (κ1) is 18.3. The predicted octanol–water partition coefficient (Wildman–Crippen LogP) is 4.57. The van der Waals surface area contributed by atoms with Crippen LogP contribution in [0.2, 0.25) is 10.0 Å². The van der Waals surface area contributed by atoms with Gasteiger partial charge in [-0.1, -0.05) is 41.4 Å². The Morgan fingerprint density at radius 1 is 1.12 bits per heavy atom. The maximum Gasteiger partial charge on any atom is 0.319 e. The van der Waals surface area contributed by atoms with E-state index in [4.69, 9.17) is 23.2 Å². The molecule has 1 heterocycles. The average Bonchev–Trinajstić information content (AvgIpc) is 2.57. The number of allylic oxidation sites excluding steroid dienone is 1. The van der Waals surface area contributed by atoms with Crippen LogP contribution in [-0.4, -0.2) is 11.9 Å². The first-order chi connectivity index (χ1) is 12.3. The molecule has 1 aliphatic heterocycles. The van der Waals surface area contributed by atoms with Gasteiger partial charge in [0.25, 0.3) is 5.91 Å². The van der Waals surface area contributed by atoms with E-state index in [9.17, 15) is 9.59 Å². The molecule has 1 aliphatic rings. The van der Waals surface area contributed by atoms with Gasteiger partial charge in [0.1, 0.15) is 0 Å². The lowest BCUT2D eigenvalue weighted by Gasteiger charge is -2.28. The normalized spacial score (nSPS) is 16.8. The van der Waals surface area contributed by atoms with Gasteiger partial charge in [-0.3, -0.25) is 4.79 Å². The fraction of sp³-hybridized carbons (Fsp3) is 0.158. The van der Waals surface area contributed by atoms with Crippen molar-refractivity contribution in [1.82, 2.24) is 10.6 Å². The highest BCUT2D eigenvalue weighted by Gasteiger charge is 2.31. The maximum atomic E-state index is 12.9. The largest absolute Gasteiger partial charge is 0.327 e. The maximum absolute atomic E-state index is 12.9. The zero-order valence-corrected chi connectivity index (χ0v) is 15.7. The van der Waals surface area contributed by atoms with Crippen molar-refractivity contribution in [1.29, 1.82) is 0 Å². The number of carbonyl (C=O) groups is 2. The molecule has 3 rings (SSSR count). The highest BCUT2D eigenvalue weighted by Crippen LogP contribution is 2.29. The van der Waals surface area contributed by atoms with E-state index >= 15 is 0 Å². The van der Waals surface area contributed by atoms with Crippen LogP contribution in [0.15, 0.2) is 53.7 Å². The second kappa shape index (κ2) is 7.40. The van der Waals surface area contributed by atoms with Crippen molar-refractivity contribution in [2.45, 2.75) is 19.9 Å². The van der Waals surface area contributed by atoms with Crippen LogP contribution in [0.3, 0.4) is 0 Å². The summed E-state index contributed by atoms with van der Waals surface area (Å²) in [5, 5.41) is 9.34. The fourth-order valence-electron chi connectivity index (χ4n) is 2.80. The van der Waals surface area contributed by atoms with Crippen molar-refractivity contribution in [2.75, 3.05) is 5.32 Å². The Balaban J connectivity index is 1.95. The quantitative estimate of drug-likeness (QED) is 0.719. The summed E-state index contributed by atoms with van der Waals surface area (Å²) >= 11 is 12.2. The topological polar surface area (TPSA) is 70.2 Å². The first-order valence-corrected chi connectivity index (χ1v) is 8.72. The monoisotopic (exact) mass is 389 g/mol.